The Hall–Kier alpha value is -2.22. The van der Waals surface area contributed by atoms with Gasteiger partial charge in [0.1, 0.15) is 0 Å². The summed E-state index contributed by atoms with van der Waals surface area (Å²) in [6.45, 7) is 1.98. The minimum Gasteiger partial charge on any atom is -0.339 e. The van der Waals surface area contributed by atoms with Crippen LogP contribution in [-0.2, 0) is 6.42 Å². The van der Waals surface area contributed by atoms with Crippen molar-refractivity contribution in [3.8, 4) is 17.5 Å². The van der Waals surface area contributed by atoms with Gasteiger partial charge in [0.05, 0.1) is 6.07 Å². The quantitative estimate of drug-likeness (QED) is 0.802. The number of pyridine rings is 1. The number of rotatable bonds is 4. The van der Waals surface area contributed by atoms with Gasteiger partial charge >= 0.3 is 0 Å². The van der Waals surface area contributed by atoms with Gasteiger partial charge in [0.2, 0.25) is 11.7 Å². The Kier molecular flexibility index (Phi) is 3.46. The summed E-state index contributed by atoms with van der Waals surface area (Å²) in [6, 6.07) is 5.82. The standard InChI is InChI=1S/C12H12N4O/c1-9(4-5-13)7-11-15-12(16-17-11)10-3-2-6-14-8-10/h2-3,6,8-9H,4,7H2,1H3. The van der Waals surface area contributed by atoms with Crippen LogP contribution in [0.15, 0.2) is 29.0 Å². The number of nitrogens with zero attached hydrogens (tertiary/aromatic N) is 4. The second kappa shape index (κ2) is 5.21. The maximum absolute atomic E-state index is 8.57. The highest BCUT2D eigenvalue weighted by Crippen LogP contribution is 2.16. The van der Waals surface area contributed by atoms with E-state index < -0.39 is 0 Å². The molecule has 0 saturated heterocycles. The Balaban J connectivity index is 2.09. The van der Waals surface area contributed by atoms with Gasteiger partial charge < -0.3 is 4.52 Å². The molecule has 2 aromatic rings. The number of hydrogen-bond donors (Lipinski definition) is 0. The topological polar surface area (TPSA) is 75.6 Å². The molecule has 0 N–H and O–H groups in total. The molecule has 86 valence electrons. The monoisotopic (exact) mass is 228 g/mol. The van der Waals surface area contributed by atoms with E-state index in [0.717, 1.165) is 5.56 Å². The van der Waals surface area contributed by atoms with Crippen LogP contribution < -0.4 is 0 Å². The molecule has 17 heavy (non-hydrogen) atoms. The van der Waals surface area contributed by atoms with Crippen LogP contribution in [0, 0.1) is 17.2 Å². The zero-order chi connectivity index (χ0) is 12.1. The van der Waals surface area contributed by atoms with Crippen molar-refractivity contribution < 1.29 is 4.52 Å². The van der Waals surface area contributed by atoms with Gasteiger partial charge in [0.15, 0.2) is 0 Å². The first kappa shape index (κ1) is 11.3. The Morgan fingerprint density at radius 3 is 3.12 bits per heavy atom. The molecule has 1 unspecified atom stereocenters. The average Bonchev–Trinajstić information content (AvgIpc) is 2.79. The van der Waals surface area contributed by atoms with Gasteiger partial charge in [-0.05, 0) is 18.1 Å². The fourth-order valence-electron chi connectivity index (χ4n) is 1.48. The molecule has 5 heteroatoms. The van der Waals surface area contributed by atoms with E-state index in [9.17, 15) is 0 Å². The summed E-state index contributed by atoms with van der Waals surface area (Å²) in [5.74, 6) is 1.33. The predicted octanol–water partition coefficient (Wildman–Crippen LogP) is 2.22. The highest BCUT2D eigenvalue weighted by molar-refractivity contribution is 5.51. The lowest BCUT2D eigenvalue weighted by Crippen LogP contribution is -1.98. The molecule has 0 fully saturated rings. The minimum atomic E-state index is 0.224. The van der Waals surface area contributed by atoms with Crippen molar-refractivity contribution in [1.29, 1.82) is 5.26 Å². The number of nitriles is 1. The van der Waals surface area contributed by atoms with E-state index >= 15 is 0 Å². The lowest BCUT2D eigenvalue weighted by molar-refractivity contribution is 0.359. The van der Waals surface area contributed by atoms with Crippen LogP contribution in [0.3, 0.4) is 0 Å². The summed E-state index contributed by atoms with van der Waals surface area (Å²) < 4.78 is 5.14. The predicted molar refractivity (Wildman–Crippen MR) is 60.6 cm³/mol. The first-order valence-electron chi connectivity index (χ1n) is 5.39. The molecule has 1 atom stereocenters. The normalized spacial score (nSPS) is 12.0. The summed E-state index contributed by atoms with van der Waals surface area (Å²) in [4.78, 5) is 8.27. The van der Waals surface area contributed by atoms with Crippen LogP contribution in [0.4, 0.5) is 0 Å². The van der Waals surface area contributed by atoms with Crippen LogP contribution in [0.5, 0.6) is 0 Å². The third-order valence-electron chi connectivity index (χ3n) is 2.35. The largest absolute Gasteiger partial charge is 0.339 e. The first-order valence-corrected chi connectivity index (χ1v) is 5.39. The molecule has 5 nitrogen and oxygen atoms in total. The second-order valence-electron chi connectivity index (χ2n) is 3.92. The van der Waals surface area contributed by atoms with Gasteiger partial charge in [-0.1, -0.05) is 12.1 Å². The van der Waals surface area contributed by atoms with Gasteiger partial charge in [-0.2, -0.15) is 10.2 Å². The maximum atomic E-state index is 8.57. The Morgan fingerprint density at radius 2 is 2.41 bits per heavy atom. The highest BCUT2D eigenvalue weighted by atomic mass is 16.5. The van der Waals surface area contributed by atoms with Crippen molar-refractivity contribution in [2.45, 2.75) is 19.8 Å². The average molecular weight is 228 g/mol. The molecule has 0 aliphatic carbocycles. The lowest BCUT2D eigenvalue weighted by Gasteiger charge is -2.00. The summed E-state index contributed by atoms with van der Waals surface area (Å²) in [7, 11) is 0. The SMILES string of the molecule is CC(CC#N)Cc1nc(-c2cccnc2)no1. The van der Waals surface area contributed by atoms with Crippen LogP contribution >= 0.6 is 0 Å². The van der Waals surface area contributed by atoms with Crippen molar-refractivity contribution in [1.82, 2.24) is 15.1 Å². The van der Waals surface area contributed by atoms with Crippen molar-refractivity contribution in [2.24, 2.45) is 5.92 Å². The molecule has 0 aliphatic rings. The third kappa shape index (κ3) is 2.88. The van der Waals surface area contributed by atoms with E-state index in [1.54, 1.807) is 12.4 Å². The second-order valence-corrected chi connectivity index (χ2v) is 3.92. The molecule has 2 rings (SSSR count). The maximum Gasteiger partial charge on any atom is 0.227 e. The van der Waals surface area contributed by atoms with Crippen LogP contribution in [-0.4, -0.2) is 15.1 Å². The van der Waals surface area contributed by atoms with Crippen LogP contribution in [0.25, 0.3) is 11.4 Å². The van der Waals surface area contributed by atoms with E-state index in [-0.39, 0.29) is 5.92 Å². The molecule has 2 heterocycles. The molecule has 0 aliphatic heterocycles. The van der Waals surface area contributed by atoms with Gasteiger partial charge in [0, 0.05) is 30.8 Å². The van der Waals surface area contributed by atoms with Crippen molar-refractivity contribution in [3.63, 3.8) is 0 Å². The van der Waals surface area contributed by atoms with E-state index in [1.165, 1.54) is 0 Å². The van der Waals surface area contributed by atoms with Gasteiger partial charge in [-0.15, -0.1) is 0 Å². The van der Waals surface area contributed by atoms with Gasteiger partial charge in [-0.25, -0.2) is 0 Å². The summed E-state index contributed by atoms with van der Waals surface area (Å²) in [5, 5.41) is 12.5. The van der Waals surface area contributed by atoms with Crippen LogP contribution in [0.1, 0.15) is 19.2 Å². The molecule has 0 radical (unpaired) electrons. The van der Waals surface area contributed by atoms with Crippen molar-refractivity contribution >= 4 is 0 Å². The summed E-state index contributed by atoms with van der Waals surface area (Å²) >= 11 is 0. The minimum absolute atomic E-state index is 0.224. The Morgan fingerprint density at radius 1 is 1.53 bits per heavy atom. The third-order valence-corrected chi connectivity index (χ3v) is 2.35. The molecule has 0 bridgehead atoms. The zero-order valence-electron chi connectivity index (χ0n) is 9.50. The molecule has 0 saturated carbocycles. The van der Waals surface area contributed by atoms with Crippen molar-refractivity contribution in [2.75, 3.05) is 0 Å². The summed E-state index contributed by atoms with van der Waals surface area (Å²) in [5.41, 5.74) is 0.829. The fourth-order valence-corrected chi connectivity index (χ4v) is 1.48. The smallest absolute Gasteiger partial charge is 0.227 e. The van der Waals surface area contributed by atoms with Crippen LogP contribution in [0.2, 0.25) is 0 Å². The number of hydrogen-bond acceptors (Lipinski definition) is 5. The Labute approximate surface area is 99.1 Å². The zero-order valence-corrected chi connectivity index (χ0v) is 9.50. The lowest BCUT2D eigenvalue weighted by atomic mass is 10.1. The Bertz CT molecular complexity index is 515. The van der Waals surface area contributed by atoms with E-state index in [4.69, 9.17) is 9.78 Å². The fraction of sp³-hybridized carbons (Fsp3) is 0.333. The molecule has 0 spiro atoms. The molecular formula is C12H12N4O. The first-order chi connectivity index (χ1) is 8.29. The molecule has 0 amide bonds. The number of aromatic nitrogens is 3. The van der Waals surface area contributed by atoms with Crippen molar-refractivity contribution in [3.05, 3.63) is 30.4 Å². The van der Waals surface area contributed by atoms with Gasteiger partial charge in [-0.3, -0.25) is 4.98 Å². The molecule has 2 aromatic heterocycles. The van der Waals surface area contributed by atoms with E-state index in [1.807, 2.05) is 19.1 Å². The molecular weight excluding hydrogens is 216 g/mol. The van der Waals surface area contributed by atoms with Gasteiger partial charge in [0.25, 0.3) is 0 Å². The summed E-state index contributed by atoms with van der Waals surface area (Å²) in [6.07, 6.45) is 4.50. The highest BCUT2D eigenvalue weighted by Gasteiger charge is 2.11. The van der Waals surface area contributed by atoms with E-state index in [2.05, 4.69) is 21.2 Å². The molecule has 0 aromatic carbocycles. The van der Waals surface area contributed by atoms with E-state index in [0.29, 0.717) is 24.6 Å².